The zero-order valence-electron chi connectivity index (χ0n) is 12.8. The van der Waals surface area contributed by atoms with Crippen molar-refractivity contribution < 1.29 is 4.74 Å². The van der Waals surface area contributed by atoms with E-state index in [1.54, 1.807) is 10.9 Å². The lowest BCUT2D eigenvalue weighted by Crippen LogP contribution is -2.35. The first-order valence-corrected chi connectivity index (χ1v) is 6.72. The van der Waals surface area contributed by atoms with E-state index in [1.165, 1.54) is 0 Å². The second-order valence-corrected chi connectivity index (χ2v) is 5.92. The quantitative estimate of drug-likeness (QED) is 0.931. The summed E-state index contributed by atoms with van der Waals surface area (Å²) >= 11 is 0. The summed E-state index contributed by atoms with van der Waals surface area (Å²) in [6.45, 7) is 9.05. The third kappa shape index (κ3) is 3.81. The van der Waals surface area contributed by atoms with Crippen LogP contribution in [0.5, 0.6) is 11.8 Å². The molecule has 0 unspecified atom stereocenters. The molecule has 2 aromatic heterocycles. The van der Waals surface area contributed by atoms with Gasteiger partial charge in [-0.25, -0.2) is 9.67 Å². The van der Waals surface area contributed by atoms with Crippen LogP contribution in [0.2, 0.25) is 0 Å². The van der Waals surface area contributed by atoms with E-state index in [0.29, 0.717) is 18.3 Å². The maximum absolute atomic E-state index is 5.88. The van der Waals surface area contributed by atoms with Gasteiger partial charge in [0.2, 0.25) is 11.8 Å². The Labute approximate surface area is 120 Å². The lowest BCUT2D eigenvalue weighted by atomic mass is 10.1. The van der Waals surface area contributed by atoms with Crippen molar-refractivity contribution in [2.45, 2.75) is 39.8 Å². The molecule has 20 heavy (non-hydrogen) atoms. The van der Waals surface area contributed by atoms with Gasteiger partial charge in [0, 0.05) is 37.0 Å². The summed E-state index contributed by atoms with van der Waals surface area (Å²) in [5.41, 5.74) is 2.00. The molecule has 2 aromatic rings. The van der Waals surface area contributed by atoms with Crippen molar-refractivity contribution >= 4 is 0 Å². The van der Waals surface area contributed by atoms with E-state index >= 15 is 0 Å². The molecule has 0 radical (unpaired) electrons. The van der Waals surface area contributed by atoms with Gasteiger partial charge in [-0.3, -0.25) is 0 Å². The Morgan fingerprint density at radius 3 is 2.70 bits per heavy atom. The molecule has 5 heteroatoms. The van der Waals surface area contributed by atoms with Crippen molar-refractivity contribution in [3.05, 3.63) is 35.7 Å². The molecule has 0 fully saturated rings. The number of nitrogens with zero attached hydrogens (tertiary/aromatic N) is 3. The highest BCUT2D eigenvalue weighted by atomic mass is 16.5. The van der Waals surface area contributed by atoms with Gasteiger partial charge in [0.05, 0.1) is 5.69 Å². The molecule has 0 saturated heterocycles. The fraction of sp³-hybridized carbons (Fsp3) is 0.467. The average Bonchev–Trinajstić information content (AvgIpc) is 2.66. The standard InChI is InChI=1S/C15H22N4O/c1-11-9-13(19(5)18-11)20-14-12(7-6-8-16-14)10-17-15(2,3)4/h6-9,17H,10H2,1-5H3. The van der Waals surface area contributed by atoms with E-state index in [1.807, 2.05) is 32.2 Å². The van der Waals surface area contributed by atoms with Crippen molar-refractivity contribution in [2.75, 3.05) is 0 Å². The molecule has 0 spiro atoms. The highest BCUT2D eigenvalue weighted by Gasteiger charge is 2.13. The van der Waals surface area contributed by atoms with Crippen LogP contribution < -0.4 is 10.1 Å². The van der Waals surface area contributed by atoms with Crippen LogP contribution in [-0.2, 0) is 13.6 Å². The van der Waals surface area contributed by atoms with Crippen LogP contribution in [0.25, 0.3) is 0 Å². The smallest absolute Gasteiger partial charge is 0.225 e. The molecule has 0 aliphatic heterocycles. The molecular weight excluding hydrogens is 252 g/mol. The number of hydrogen-bond donors (Lipinski definition) is 1. The average molecular weight is 274 g/mol. The second-order valence-electron chi connectivity index (χ2n) is 5.92. The first-order chi connectivity index (χ1) is 9.35. The van der Waals surface area contributed by atoms with E-state index in [9.17, 15) is 0 Å². The molecule has 5 nitrogen and oxygen atoms in total. The zero-order chi connectivity index (χ0) is 14.8. The summed E-state index contributed by atoms with van der Waals surface area (Å²) in [7, 11) is 1.86. The third-order valence-electron chi connectivity index (χ3n) is 2.82. The fourth-order valence-corrected chi connectivity index (χ4v) is 1.79. The van der Waals surface area contributed by atoms with Gasteiger partial charge in [0.25, 0.3) is 0 Å². The van der Waals surface area contributed by atoms with Gasteiger partial charge >= 0.3 is 0 Å². The highest BCUT2D eigenvalue weighted by molar-refractivity contribution is 5.30. The molecule has 0 saturated carbocycles. The molecule has 1 N–H and O–H groups in total. The summed E-state index contributed by atoms with van der Waals surface area (Å²) < 4.78 is 7.59. The molecule has 0 atom stereocenters. The largest absolute Gasteiger partial charge is 0.421 e. The van der Waals surface area contributed by atoms with E-state index < -0.39 is 0 Å². The molecular formula is C15H22N4O. The number of aromatic nitrogens is 3. The van der Waals surface area contributed by atoms with Crippen LogP contribution in [-0.4, -0.2) is 20.3 Å². The summed E-state index contributed by atoms with van der Waals surface area (Å²) in [5, 5.41) is 7.71. The summed E-state index contributed by atoms with van der Waals surface area (Å²) in [6, 6.07) is 5.83. The SMILES string of the molecule is Cc1cc(Oc2ncccc2CNC(C)(C)C)n(C)n1. The number of aryl methyl sites for hydroxylation is 2. The van der Waals surface area contributed by atoms with Gasteiger partial charge in [0.15, 0.2) is 0 Å². The minimum Gasteiger partial charge on any atom is -0.421 e. The van der Waals surface area contributed by atoms with E-state index in [4.69, 9.17) is 4.74 Å². The maximum atomic E-state index is 5.88. The van der Waals surface area contributed by atoms with E-state index in [2.05, 4.69) is 36.2 Å². The van der Waals surface area contributed by atoms with Gasteiger partial charge < -0.3 is 10.1 Å². The Balaban J connectivity index is 2.17. The van der Waals surface area contributed by atoms with Crippen molar-refractivity contribution in [1.82, 2.24) is 20.1 Å². The topological polar surface area (TPSA) is 52.0 Å². The lowest BCUT2D eigenvalue weighted by Gasteiger charge is -2.21. The number of ether oxygens (including phenoxy) is 1. The van der Waals surface area contributed by atoms with Crippen LogP contribution in [0.4, 0.5) is 0 Å². The molecule has 108 valence electrons. The maximum Gasteiger partial charge on any atom is 0.225 e. The van der Waals surface area contributed by atoms with Gasteiger partial charge in [-0.15, -0.1) is 0 Å². The Hall–Kier alpha value is -1.88. The Morgan fingerprint density at radius 1 is 1.35 bits per heavy atom. The van der Waals surface area contributed by atoms with Crippen molar-refractivity contribution in [1.29, 1.82) is 0 Å². The Kier molecular flexibility index (Phi) is 4.09. The summed E-state index contributed by atoms with van der Waals surface area (Å²) in [4.78, 5) is 4.32. The Morgan fingerprint density at radius 2 is 2.10 bits per heavy atom. The second kappa shape index (κ2) is 5.63. The van der Waals surface area contributed by atoms with Gasteiger partial charge in [-0.1, -0.05) is 6.07 Å². The molecule has 2 rings (SSSR count). The number of nitrogens with one attached hydrogen (secondary N) is 1. The number of rotatable bonds is 4. The third-order valence-corrected chi connectivity index (χ3v) is 2.82. The molecule has 0 amide bonds. The summed E-state index contributed by atoms with van der Waals surface area (Å²) in [5.74, 6) is 1.31. The normalized spacial score (nSPS) is 11.7. The fourth-order valence-electron chi connectivity index (χ4n) is 1.79. The van der Waals surface area contributed by atoms with Crippen molar-refractivity contribution in [2.24, 2.45) is 7.05 Å². The predicted octanol–water partition coefficient (Wildman–Crippen LogP) is 2.80. The van der Waals surface area contributed by atoms with E-state index in [-0.39, 0.29) is 5.54 Å². The first-order valence-electron chi connectivity index (χ1n) is 6.72. The number of pyridine rings is 1. The monoisotopic (exact) mass is 274 g/mol. The molecule has 0 aliphatic rings. The van der Waals surface area contributed by atoms with Gasteiger partial charge in [-0.05, 0) is 33.8 Å². The number of hydrogen-bond acceptors (Lipinski definition) is 4. The van der Waals surface area contributed by atoms with Crippen LogP contribution >= 0.6 is 0 Å². The Bertz CT molecular complexity index is 584. The summed E-state index contributed by atoms with van der Waals surface area (Å²) in [6.07, 6.45) is 1.74. The van der Waals surface area contributed by atoms with Crippen LogP contribution in [0.1, 0.15) is 32.0 Å². The van der Waals surface area contributed by atoms with Gasteiger partial charge in [-0.2, -0.15) is 5.10 Å². The highest BCUT2D eigenvalue weighted by Crippen LogP contribution is 2.23. The lowest BCUT2D eigenvalue weighted by molar-refractivity contribution is 0.392. The van der Waals surface area contributed by atoms with Gasteiger partial charge in [0.1, 0.15) is 0 Å². The van der Waals surface area contributed by atoms with Crippen LogP contribution in [0.15, 0.2) is 24.4 Å². The molecule has 0 aromatic carbocycles. The minimum absolute atomic E-state index is 0.0518. The predicted molar refractivity (Wildman–Crippen MR) is 78.8 cm³/mol. The van der Waals surface area contributed by atoms with Crippen molar-refractivity contribution in [3.8, 4) is 11.8 Å². The molecule has 0 aliphatic carbocycles. The van der Waals surface area contributed by atoms with E-state index in [0.717, 1.165) is 11.3 Å². The van der Waals surface area contributed by atoms with Crippen LogP contribution in [0, 0.1) is 6.92 Å². The molecule has 2 heterocycles. The zero-order valence-corrected chi connectivity index (χ0v) is 12.8. The van der Waals surface area contributed by atoms with Crippen LogP contribution in [0.3, 0.4) is 0 Å². The molecule has 0 bridgehead atoms. The van der Waals surface area contributed by atoms with Crippen molar-refractivity contribution in [3.63, 3.8) is 0 Å². The first kappa shape index (κ1) is 14.5. The minimum atomic E-state index is 0.0518.